The van der Waals surface area contributed by atoms with Gasteiger partial charge < -0.3 is 19.9 Å². The number of alkyl carbamates (subject to hydrolysis) is 1. The molecule has 1 fully saturated rings. The number of carbonyl (C=O) groups is 3. The van der Waals surface area contributed by atoms with Crippen molar-refractivity contribution in [3.8, 4) is 0 Å². The highest BCUT2D eigenvalue weighted by Crippen LogP contribution is 2.26. The van der Waals surface area contributed by atoms with Crippen LogP contribution in [0.3, 0.4) is 0 Å². The normalized spacial score (nSPS) is 19.1. The van der Waals surface area contributed by atoms with Gasteiger partial charge in [-0.3, -0.25) is 9.36 Å². The topological polar surface area (TPSA) is 96.8 Å². The van der Waals surface area contributed by atoms with Gasteiger partial charge in [0.05, 0.1) is 0 Å². The lowest BCUT2D eigenvalue weighted by molar-refractivity contribution is -0.137. The number of carbonyl (C=O) groups excluding carboxylic acids is 3. The summed E-state index contributed by atoms with van der Waals surface area (Å²) >= 11 is 0. The number of nitrogens with zero attached hydrogens (tertiary/aromatic N) is 4. The Kier molecular flexibility index (Phi) is 6.34. The number of imidazole rings is 1. The van der Waals surface area contributed by atoms with Crippen LogP contribution in [-0.4, -0.2) is 74.7 Å². The number of likely N-dealkylation sites (tertiary alicyclic amines) is 1. The number of fused-ring (bicyclic) bond motifs is 1. The van der Waals surface area contributed by atoms with Crippen LogP contribution in [0.1, 0.15) is 60.1 Å². The van der Waals surface area contributed by atoms with Gasteiger partial charge in [-0.2, -0.15) is 0 Å². The van der Waals surface area contributed by atoms with E-state index >= 15 is 0 Å². The third-order valence-electron chi connectivity index (χ3n) is 5.77. The van der Waals surface area contributed by atoms with Crippen LogP contribution in [-0.2, 0) is 16.0 Å². The van der Waals surface area contributed by atoms with E-state index in [0.29, 0.717) is 32.5 Å². The molecule has 9 heteroatoms. The Morgan fingerprint density at radius 2 is 1.77 bits per heavy atom. The van der Waals surface area contributed by atoms with Crippen LogP contribution in [0, 0.1) is 5.41 Å². The number of piperidine rings is 1. The predicted molar refractivity (Wildman–Crippen MR) is 116 cm³/mol. The molecule has 1 atom stereocenters. The Labute approximate surface area is 184 Å². The number of aromatic nitrogens is 2. The van der Waals surface area contributed by atoms with Crippen molar-refractivity contribution in [3.05, 3.63) is 18.2 Å². The molecule has 0 aliphatic carbocycles. The van der Waals surface area contributed by atoms with Crippen LogP contribution in [0.15, 0.2) is 12.5 Å². The first kappa shape index (κ1) is 23.1. The maximum atomic E-state index is 13.3. The molecule has 1 aromatic heterocycles. The van der Waals surface area contributed by atoms with E-state index in [1.165, 1.54) is 0 Å². The van der Waals surface area contributed by atoms with Crippen molar-refractivity contribution in [2.24, 2.45) is 5.41 Å². The lowest BCUT2D eigenvalue weighted by Crippen LogP contribution is -2.58. The molecular formula is C22H35N5O4. The minimum atomic E-state index is -0.691. The van der Waals surface area contributed by atoms with Crippen LogP contribution in [0.5, 0.6) is 0 Å². The molecule has 31 heavy (non-hydrogen) atoms. The Balaban J connectivity index is 1.61. The first-order valence-corrected chi connectivity index (χ1v) is 11.0. The Morgan fingerprint density at radius 1 is 1.13 bits per heavy atom. The van der Waals surface area contributed by atoms with Gasteiger partial charge in [0.25, 0.3) is 0 Å². The average Bonchev–Trinajstić information content (AvgIpc) is 3.14. The van der Waals surface area contributed by atoms with E-state index < -0.39 is 23.2 Å². The van der Waals surface area contributed by atoms with E-state index in [-0.39, 0.29) is 18.0 Å². The lowest BCUT2D eigenvalue weighted by Gasteiger charge is -2.42. The van der Waals surface area contributed by atoms with Crippen LogP contribution >= 0.6 is 0 Å². The van der Waals surface area contributed by atoms with Crippen LogP contribution in [0.25, 0.3) is 0 Å². The fourth-order valence-electron chi connectivity index (χ4n) is 4.14. The molecular weight excluding hydrogens is 398 g/mol. The van der Waals surface area contributed by atoms with Gasteiger partial charge in [0, 0.05) is 44.0 Å². The van der Waals surface area contributed by atoms with E-state index in [1.807, 2.05) is 25.7 Å². The molecule has 172 valence electrons. The number of rotatable bonds is 3. The molecule has 3 rings (SSSR count). The number of hydrogen-bond donors (Lipinski definition) is 1. The van der Waals surface area contributed by atoms with E-state index in [2.05, 4.69) is 10.3 Å². The van der Waals surface area contributed by atoms with Gasteiger partial charge in [0.2, 0.25) is 5.91 Å². The van der Waals surface area contributed by atoms with Gasteiger partial charge in [-0.25, -0.2) is 14.6 Å². The van der Waals surface area contributed by atoms with Crippen molar-refractivity contribution < 1.29 is 19.1 Å². The summed E-state index contributed by atoms with van der Waals surface area (Å²) < 4.78 is 6.97. The SMILES string of the molecule is CC(C)(C)OC(=O)N[C@@H](C(=O)N1CCC(N2CCc3cncn3C2=O)CC1)C(C)(C)C. The van der Waals surface area contributed by atoms with Gasteiger partial charge >= 0.3 is 12.1 Å². The minimum Gasteiger partial charge on any atom is -0.444 e. The second-order valence-electron chi connectivity index (χ2n) is 10.5. The summed E-state index contributed by atoms with van der Waals surface area (Å²) in [5.41, 5.74) is -0.162. The molecule has 3 amide bonds. The van der Waals surface area contributed by atoms with Crippen molar-refractivity contribution in [1.82, 2.24) is 24.7 Å². The van der Waals surface area contributed by atoms with E-state index in [9.17, 15) is 14.4 Å². The number of nitrogens with one attached hydrogen (secondary N) is 1. The first-order chi connectivity index (χ1) is 14.4. The molecule has 0 unspecified atom stereocenters. The quantitative estimate of drug-likeness (QED) is 0.790. The number of ether oxygens (including phenoxy) is 1. The Hall–Kier alpha value is -2.58. The monoisotopic (exact) mass is 433 g/mol. The summed E-state index contributed by atoms with van der Waals surface area (Å²) in [6, 6.07) is -0.634. The largest absolute Gasteiger partial charge is 0.444 e. The molecule has 1 aromatic rings. The van der Waals surface area contributed by atoms with Crippen LogP contribution in [0.4, 0.5) is 9.59 Å². The zero-order valence-electron chi connectivity index (χ0n) is 19.5. The van der Waals surface area contributed by atoms with E-state index in [1.54, 1.807) is 42.8 Å². The van der Waals surface area contributed by atoms with Crippen molar-refractivity contribution in [3.63, 3.8) is 0 Å². The third kappa shape index (κ3) is 5.37. The van der Waals surface area contributed by atoms with Crippen molar-refractivity contribution in [2.45, 2.75) is 78.5 Å². The summed E-state index contributed by atoms with van der Waals surface area (Å²) in [4.78, 5) is 46.1. The fourth-order valence-corrected chi connectivity index (χ4v) is 4.14. The molecule has 0 spiro atoms. The molecule has 0 aromatic carbocycles. The van der Waals surface area contributed by atoms with Crippen molar-refractivity contribution in [2.75, 3.05) is 19.6 Å². The highest BCUT2D eigenvalue weighted by molar-refractivity contribution is 5.86. The van der Waals surface area contributed by atoms with Gasteiger partial charge in [-0.15, -0.1) is 0 Å². The molecule has 2 aliphatic rings. The standard InChI is InChI=1S/C22H35N5O4/c1-21(2,3)17(24-19(29)31-22(4,5)6)18(28)25-10-7-15(8-11-25)26-12-9-16-13-23-14-27(16)20(26)30/h13-15,17H,7-12H2,1-6H3,(H,24,29)/t17-/m0/s1. The second kappa shape index (κ2) is 8.51. The number of amides is 3. The molecule has 1 saturated heterocycles. The molecule has 2 aliphatic heterocycles. The maximum absolute atomic E-state index is 13.3. The molecule has 9 nitrogen and oxygen atoms in total. The summed E-state index contributed by atoms with van der Waals surface area (Å²) in [7, 11) is 0. The molecule has 1 N–H and O–H groups in total. The lowest BCUT2D eigenvalue weighted by atomic mass is 9.85. The van der Waals surface area contributed by atoms with Gasteiger partial charge in [0.15, 0.2) is 0 Å². The summed E-state index contributed by atoms with van der Waals surface area (Å²) in [6.45, 7) is 12.9. The summed E-state index contributed by atoms with van der Waals surface area (Å²) in [5, 5.41) is 2.77. The zero-order chi connectivity index (χ0) is 23.0. The number of hydrogen-bond acceptors (Lipinski definition) is 5. The van der Waals surface area contributed by atoms with Crippen molar-refractivity contribution >= 4 is 18.0 Å². The molecule has 3 heterocycles. The van der Waals surface area contributed by atoms with Gasteiger partial charge in [-0.1, -0.05) is 20.8 Å². The fraction of sp³-hybridized carbons (Fsp3) is 0.727. The third-order valence-corrected chi connectivity index (χ3v) is 5.77. The molecule has 0 radical (unpaired) electrons. The van der Waals surface area contributed by atoms with Gasteiger partial charge in [-0.05, 0) is 39.0 Å². The first-order valence-electron chi connectivity index (χ1n) is 11.0. The zero-order valence-corrected chi connectivity index (χ0v) is 19.5. The highest BCUT2D eigenvalue weighted by Gasteiger charge is 2.39. The summed E-state index contributed by atoms with van der Waals surface area (Å²) in [5.74, 6) is -0.112. The van der Waals surface area contributed by atoms with E-state index in [4.69, 9.17) is 4.74 Å². The maximum Gasteiger partial charge on any atom is 0.408 e. The Bertz CT molecular complexity index is 828. The molecule has 0 bridgehead atoms. The predicted octanol–water partition coefficient (Wildman–Crippen LogP) is 2.64. The second-order valence-corrected chi connectivity index (χ2v) is 10.5. The molecule has 0 saturated carbocycles. The average molecular weight is 434 g/mol. The van der Waals surface area contributed by atoms with Crippen molar-refractivity contribution in [1.29, 1.82) is 0 Å². The Morgan fingerprint density at radius 3 is 2.35 bits per heavy atom. The minimum absolute atomic E-state index is 0.0392. The summed E-state index contributed by atoms with van der Waals surface area (Å²) in [6.07, 6.45) is 4.93. The van der Waals surface area contributed by atoms with Gasteiger partial charge in [0.1, 0.15) is 18.0 Å². The van der Waals surface area contributed by atoms with Crippen LogP contribution in [0.2, 0.25) is 0 Å². The van der Waals surface area contributed by atoms with E-state index in [0.717, 1.165) is 12.1 Å². The smallest absolute Gasteiger partial charge is 0.408 e. The van der Waals surface area contributed by atoms with Crippen LogP contribution < -0.4 is 5.32 Å². The highest BCUT2D eigenvalue weighted by atomic mass is 16.6.